The first-order valence-corrected chi connectivity index (χ1v) is 14.0. The van der Waals surface area contributed by atoms with Crippen molar-refractivity contribution in [1.82, 2.24) is 24.9 Å². The maximum Gasteiger partial charge on any atom is 0.229 e. The monoisotopic (exact) mass is 577 g/mol. The Bertz CT molecular complexity index is 1590. The first kappa shape index (κ1) is 29.2. The van der Waals surface area contributed by atoms with Crippen molar-refractivity contribution in [2.45, 2.75) is 33.4 Å². The van der Waals surface area contributed by atoms with Gasteiger partial charge in [-0.3, -0.25) is 0 Å². The van der Waals surface area contributed by atoms with Gasteiger partial charge in [-0.05, 0) is 66.4 Å². The number of rotatable bonds is 12. The van der Waals surface area contributed by atoms with Crippen LogP contribution in [0.25, 0.3) is 11.4 Å². The molecule has 0 unspecified atom stereocenters. The fourth-order valence-electron chi connectivity index (χ4n) is 4.51. The van der Waals surface area contributed by atoms with Gasteiger partial charge in [-0.25, -0.2) is 15.0 Å². The maximum atomic E-state index is 5.36. The number of pyridine rings is 2. The van der Waals surface area contributed by atoms with E-state index in [1.54, 1.807) is 33.6 Å². The van der Waals surface area contributed by atoms with E-state index in [2.05, 4.69) is 28.2 Å². The molecule has 5 aromatic rings. The molecule has 0 bridgehead atoms. The highest BCUT2D eigenvalue weighted by Gasteiger charge is 2.18. The maximum absolute atomic E-state index is 5.36. The highest BCUT2D eigenvalue weighted by atomic mass is 16.5. The molecule has 0 aliphatic heterocycles. The van der Waals surface area contributed by atoms with E-state index in [0.717, 1.165) is 45.9 Å². The lowest BCUT2D eigenvalue weighted by molar-refractivity contribution is 0.398. The molecular formula is C33H35N7O3. The van der Waals surface area contributed by atoms with Crippen LogP contribution in [0.15, 0.2) is 79.1 Å². The number of aromatic nitrogens is 5. The zero-order valence-corrected chi connectivity index (χ0v) is 25.0. The molecule has 0 spiro atoms. The van der Waals surface area contributed by atoms with E-state index in [-0.39, 0.29) is 0 Å². The number of hydrogen-bond donors (Lipinski definition) is 1. The van der Waals surface area contributed by atoms with E-state index >= 15 is 0 Å². The average molecular weight is 578 g/mol. The van der Waals surface area contributed by atoms with Crippen molar-refractivity contribution in [3.05, 3.63) is 102 Å². The summed E-state index contributed by atoms with van der Waals surface area (Å²) in [5.41, 5.74) is 4.80. The Labute approximate surface area is 251 Å². The van der Waals surface area contributed by atoms with E-state index in [9.17, 15) is 0 Å². The van der Waals surface area contributed by atoms with E-state index in [1.807, 2.05) is 67.7 Å². The van der Waals surface area contributed by atoms with Crippen LogP contribution in [0, 0.1) is 6.92 Å². The van der Waals surface area contributed by atoms with Gasteiger partial charge >= 0.3 is 0 Å². The van der Waals surface area contributed by atoms with E-state index < -0.39 is 0 Å². The van der Waals surface area contributed by atoms with Crippen LogP contribution in [-0.2, 0) is 19.5 Å². The predicted octanol–water partition coefficient (Wildman–Crippen LogP) is 6.18. The van der Waals surface area contributed by atoms with Gasteiger partial charge in [-0.15, -0.1) is 0 Å². The summed E-state index contributed by atoms with van der Waals surface area (Å²) in [7, 11) is 4.92. The Morgan fingerprint density at radius 2 is 1.35 bits per heavy atom. The molecule has 0 amide bonds. The third-order valence-electron chi connectivity index (χ3n) is 6.88. The lowest BCUT2D eigenvalue weighted by Crippen LogP contribution is -2.25. The zero-order valence-electron chi connectivity index (χ0n) is 25.0. The fourth-order valence-corrected chi connectivity index (χ4v) is 4.51. The lowest BCUT2D eigenvalue weighted by atomic mass is 10.1. The molecule has 43 heavy (non-hydrogen) atoms. The summed E-state index contributed by atoms with van der Waals surface area (Å²) in [5, 5.41) is 3.38. The molecule has 0 saturated carbocycles. The number of anilines is 3. The van der Waals surface area contributed by atoms with Crippen molar-refractivity contribution < 1.29 is 14.2 Å². The summed E-state index contributed by atoms with van der Waals surface area (Å²) in [6.45, 7) is 5.13. The third-order valence-corrected chi connectivity index (χ3v) is 6.88. The van der Waals surface area contributed by atoms with Gasteiger partial charge in [-0.1, -0.05) is 31.2 Å². The molecule has 3 heterocycles. The second-order valence-corrected chi connectivity index (χ2v) is 9.87. The first-order chi connectivity index (χ1) is 21.0. The van der Waals surface area contributed by atoms with Crippen LogP contribution in [0.4, 0.5) is 17.5 Å². The zero-order chi connectivity index (χ0) is 30.2. The Balaban J connectivity index is 1.54. The Kier molecular flexibility index (Phi) is 9.26. The highest BCUT2D eigenvalue weighted by molar-refractivity contribution is 5.75. The largest absolute Gasteiger partial charge is 0.497 e. The Morgan fingerprint density at radius 3 is 1.88 bits per heavy atom. The van der Waals surface area contributed by atoms with Crippen LogP contribution >= 0.6 is 0 Å². The van der Waals surface area contributed by atoms with Crippen LogP contribution in [0.5, 0.6) is 17.4 Å². The molecule has 0 aliphatic rings. The fraction of sp³-hybridized carbons (Fsp3) is 0.242. The minimum Gasteiger partial charge on any atom is -0.497 e. The summed E-state index contributed by atoms with van der Waals surface area (Å²) in [6.07, 6.45) is 4.38. The van der Waals surface area contributed by atoms with Gasteiger partial charge in [0, 0.05) is 25.4 Å². The molecule has 1 N–H and O–H groups in total. The minimum atomic E-state index is 0.531. The number of ether oxygens (including phenoxy) is 3. The number of aryl methyl sites for hydroxylation is 2. The summed E-state index contributed by atoms with van der Waals surface area (Å²) < 4.78 is 15.9. The van der Waals surface area contributed by atoms with Crippen LogP contribution in [-0.4, -0.2) is 46.2 Å². The molecule has 220 valence electrons. The number of benzene rings is 2. The van der Waals surface area contributed by atoms with Gasteiger partial charge in [0.2, 0.25) is 11.8 Å². The standard InChI is InChI=1S/C33H35N7O3/c1-6-23-17-29(31(35-18-23)38-26-11-16-30(43-5)34-19-26)32-36-22(2)37-33(39-32)40(20-24-7-12-27(41-3)13-8-24)21-25-9-14-28(42-4)15-10-25/h7-19H,6,20-21H2,1-5H3,(H,35,38). The quantitative estimate of drug-likeness (QED) is 0.185. The second kappa shape index (κ2) is 13.6. The predicted molar refractivity (Wildman–Crippen MR) is 167 cm³/mol. The smallest absolute Gasteiger partial charge is 0.229 e. The van der Waals surface area contributed by atoms with E-state index in [0.29, 0.717) is 42.4 Å². The molecule has 0 radical (unpaired) electrons. The SMILES string of the molecule is CCc1cnc(Nc2ccc(OC)nc2)c(-c2nc(C)nc(N(Cc3ccc(OC)cc3)Cc3ccc(OC)cc3)n2)c1. The van der Waals surface area contributed by atoms with Gasteiger partial charge in [0.15, 0.2) is 5.82 Å². The average Bonchev–Trinajstić information content (AvgIpc) is 3.05. The van der Waals surface area contributed by atoms with Crippen LogP contribution in [0.1, 0.15) is 29.4 Å². The van der Waals surface area contributed by atoms with Crippen molar-refractivity contribution in [3.63, 3.8) is 0 Å². The highest BCUT2D eigenvalue weighted by Crippen LogP contribution is 2.30. The van der Waals surface area contributed by atoms with Gasteiger partial charge in [-0.2, -0.15) is 9.97 Å². The van der Waals surface area contributed by atoms with Crippen molar-refractivity contribution in [2.24, 2.45) is 0 Å². The van der Waals surface area contributed by atoms with Crippen molar-refractivity contribution in [3.8, 4) is 28.8 Å². The molecule has 10 nitrogen and oxygen atoms in total. The second-order valence-electron chi connectivity index (χ2n) is 9.87. The Morgan fingerprint density at radius 1 is 0.698 bits per heavy atom. The van der Waals surface area contributed by atoms with E-state index in [4.69, 9.17) is 34.1 Å². The summed E-state index contributed by atoms with van der Waals surface area (Å²) in [6, 6.07) is 21.8. The number of nitrogens with zero attached hydrogens (tertiary/aromatic N) is 6. The molecule has 0 fully saturated rings. The number of methoxy groups -OCH3 is 3. The summed E-state index contributed by atoms with van der Waals surface area (Å²) in [4.78, 5) is 25.7. The lowest BCUT2D eigenvalue weighted by Gasteiger charge is -2.24. The molecular weight excluding hydrogens is 542 g/mol. The third kappa shape index (κ3) is 7.34. The van der Waals surface area contributed by atoms with Crippen LogP contribution in [0.2, 0.25) is 0 Å². The van der Waals surface area contributed by atoms with Gasteiger partial charge in [0.1, 0.15) is 23.1 Å². The molecule has 0 aliphatic carbocycles. The van der Waals surface area contributed by atoms with Gasteiger partial charge < -0.3 is 24.4 Å². The number of hydrogen-bond acceptors (Lipinski definition) is 10. The first-order valence-electron chi connectivity index (χ1n) is 14.0. The van der Waals surface area contributed by atoms with E-state index in [1.165, 1.54) is 0 Å². The van der Waals surface area contributed by atoms with Crippen molar-refractivity contribution >= 4 is 17.5 Å². The van der Waals surface area contributed by atoms with Crippen molar-refractivity contribution in [1.29, 1.82) is 0 Å². The summed E-state index contributed by atoms with van der Waals surface area (Å²) >= 11 is 0. The van der Waals surface area contributed by atoms with Gasteiger partial charge in [0.05, 0.1) is 38.8 Å². The summed E-state index contributed by atoms with van der Waals surface area (Å²) in [5.74, 6) is 4.47. The van der Waals surface area contributed by atoms with Crippen LogP contribution < -0.4 is 24.4 Å². The topological polar surface area (TPSA) is 107 Å². The molecule has 2 aromatic carbocycles. The minimum absolute atomic E-state index is 0.531. The molecule has 0 atom stereocenters. The molecule has 0 saturated heterocycles. The van der Waals surface area contributed by atoms with Crippen molar-refractivity contribution in [2.75, 3.05) is 31.5 Å². The molecule has 5 rings (SSSR count). The number of nitrogens with one attached hydrogen (secondary N) is 1. The van der Waals surface area contributed by atoms with Gasteiger partial charge in [0.25, 0.3) is 0 Å². The normalized spacial score (nSPS) is 10.7. The molecule has 3 aromatic heterocycles. The van der Waals surface area contributed by atoms with Crippen LogP contribution in [0.3, 0.4) is 0 Å². The molecule has 10 heteroatoms. The Hall–Kier alpha value is -5.25.